The Kier molecular flexibility index (Phi) is 4.46. The fourth-order valence-corrected chi connectivity index (χ4v) is 1.61. The number of rotatable bonds is 3. The Hall–Kier alpha value is -0.690. The van der Waals surface area contributed by atoms with Crippen molar-refractivity contribution in [3.05, 3.63) is 27.6 Å². The van der Waals surface area contributed by atoms with Gasteiger partial charge in [-0.3, -0.25) is 4.79 Å². The largest absolute Gasteiger partial charge is 0.324 e. The van der Waals surface area contributed by atoms with Crippen LogP contribution in [0, 0.1) is 9.39 Å². The monoisotopic (exact) mass is 322 g/mol. The summed E-state index contributed by atoms with van der Waals surface area (Å²) in [5, 5.41) is 2.65. The molecule has 0 aliphatic rings. The molecular formula is C10H12FIN2O. The molecule has 1 aromatic rings. The molecule has 0 spiro atoms. The average molecular weight is 322 g/mol. The minimum Gasteiger partial charge on any atom is -0.324 e. The Bertz CT molecular complexity index is 370. The van der Waals surface area contributed by atoms with Gasteiger partial charge in [0.15, 0.2) is 0 Å². The van der Waals surface area contributed by atoms with Gasteiger partial charge in [-0.2, -0.15) is 0 Å². The van der Waals surface area contributed by atoms with E-state index in [2.05, 4.69) is 5.32 Å². The van der Waals surface area contributed by atoms with Crippen molar-refractivity contribution in [1.82, 2.24) is 0 Å². The lowest BCUT2D eigenvalue weighted by molar-refractivity contribution is -0.117. The number of hydrogen-bond acceptors (Lipinski definition) is 2. The van der Waals surface area contributed by atoms with Gasteiger partial charge in [-0.05, 0) is 47.2 Å². The Balaban J connectivity index is 2.77. The van der Waals surface area contributed by atoms with Crippen LogP contribution in [0.5, 0.6) is 0 Å². The van der Waals surface area contributed by atoms with Crippen LogP contribution in [0.2, 0.25) is 0 Å². The van der Waals surface area contributed by atoms with E-state index in [1.54, 1.807) is 0 Å². The number of carbonyl (C=O) groups is 1. The normalized spacial score (nSPS) is 12.3. The van der Waals surface area contributed by atoms with E-state index in [0.717, 1.165) is 0 Å². The molecule has 0 fully saturated rings. The molecule has 0 bridgehead atoms. The highest BCUT2D eigenvalue weighted by molar-refractivity contribution is 14.1. The van der Waals surface area contributed by atoms with Crippen molar-refractivity contribution in [3.63, 3.8) is 0 Å². The van der Waals surface area contributed by atoms with Crippen molar-refractivity contribution < 1.29 is 9.18 Å². The van der Waals surface area contributed by atoms with Gasteiger partial charge in [0.25, 0.3) is 0 Å². The Morgan fingerprint density at radius 2 is 2.33 bits per heavy atom. The number of halogens is 2. The van der Waals surface area contributed by atoms with Crippen LogP contribution in [0.25, 0.3) is 0 Å². The summed E-state index contributed by atoms with van der Waals surface area (Å²) < 4.78 is 13.4. The minimum absolute atomic E-state index is 0.248. The zero-order valence-corrected chi connectivity index (χ0v) is 10.4. The minimum atomic E-state index is -0.522. The second-order valence-electron chi connectivity index (χ2n) is 3.13. The van der Waals surface area contributed by atoms with Crippen LogP contribution < -0.4 is 11.1 Å². The summed E-state index contributed by atoms with van der Waals surface area (Å²) >= 11 is 1.96. The summed E-state index contributed by atoms with van der Waals surface area (Å²) in [7, 11) is 0. The lowest BCUT2D eigenvalue weighted by atomic mass is 10.2. The molecule has 0 aliphatic carbocycles. The van der Waals surface area contributed by atoms with E-state index in [-0.39, 0.29) is 11.7 Å². The predicted molar refractivity (Wildman–Crippen MR) is 66.0 cm³/mol. The molecule has 0 saturated heterocycles. The number of nitrogens with one attached hydrogen (secondary N) is 1. The fraction of sp³-hybridized carbons (Fsp3) is 0.300. The molecule has 1 amide bonds. The van der Waals surface area contributed by atoms with Gasteiger partial charge in [-0.15, -0.1) is 0 Å². The van der Waals surface area contributed by atoms with Crippen LogP contribution in [0.4, 0.5) is 10.1 Å². The van der Waals surface area contributed by atoms with Crippen molar-refractivity contribution in [1.29, 1.82) is 0 Å². The number of hydrogen-bond donors (Lipinski definition) is 2. The number of anilines is 1. The Labute approximate surface area is 101 Å². The molecule has 0 aromatic heterocycles. The quantitative estimate of drug-likeness (QED) is 0.838. The Morgan fingerprint density at radius 1 is 1.67 bits per heavy atom. The van der Waals surface area contributed by atoms with Gasteiger partial charge in [-0.25, -0.2) is 4.39 Å². The molecule has 5 heteroatoms. The zero-order valence-electron chi connectivity index (χ0n) is 8.26. The van der Waals surface area contributed by atoms with E-state index < -0.39 is 6.04 Å². The SMILES string of the molecule is CC[C@@H](N)C(=O)Nc1ccc(F)cc1I. The van der Waals surface area contributed by atoms with E-state index in [0.29, 0.717) is 15.7 Å². The summed E-state index contributed by atoms with van der Waals surface area (Å²) in [5.74, 6) is -0.570. The molecule has 15 heavy (non-hydrogen) atoms. The summed E-state index contributed by atoms with van der Waals surface area (Å²) in [6, 6.07) is 3.66. The lowest BCUT2D eigenvalue weighted by Gasteiger charge is -2.11. The lowest BCUT2D eigenvalue weighted by Crippen LogP contribution is -2.35. The topological polar surface area (TPSA) is 55.1 Å². The highest BCUT2D eigenvalue weighted by Crippen LogP contribution is 2.19. The summed E-state index contributed by atoms with van der Waals surface area (Å²) in [6.07, 6.45) is 0.573. The molecule has 0 aliphatic heterocycles. The first-order chi connectivity index (χ1) is 7.04. The van der Waals surface area contributed by atoms with Crippen molar-refractivity contribution in [2.45, 2.75) is 19.4 Å². The molecular weight excluding hydrogens is 310 g/mol. The standard InChI is InChI=1S/C10H12FIN2O/c1-2-8(13)10(15)14-9-4-3-6(11)5-7(9)12/h3-5,8H,2,13H2,1H3,(H,14,15)/t8-/m1/s1. The van der Waals surface area contributed by atoms with E-state index in [4.69, 9.17) is 5.73 Å². The van der Waals surface area contributed by atoms with E-state index >= 15 is 0 Å². The van der Waals surface area contributed by atoms with Crippen molar-refractivity contribution in [3.8, 4) is 0 Å². The molecule has 1 rings (SSSR count). The maximum atomic E-state index is 12.8. The van der Waals surface area contributed by atoms with Crippen molar-refractivity contribution in [2.24, 2.45) is 5.73 Å². The van der Waals surface area contributed by atoms with Crippen molar-refractivity contribution in [2.75, 3.05) is 5.32 Å². The summed E-state index contributed by atoms with van der Waals surface area (Å²) in [5.41, 5.74) is 6.14. The number of benzene rings is 1. The third kappa shape index (κ3) is 3.42. The van der Waals surface area contributed by atoms with Gasteiger partial charge in [0.05, 0.1) is 11.7 Å². The zero-order chi connectivity index (χ0) is 11.4. The third-order valence-electron chi connectivity index (χ3n) is 1.97. The van der Waals surface area contributed by atoms with Crippen LogP contribution in [-0.4, -0.2) is 11.9 Å². The molecule has 0 unspecified atom stereocenters. The molecule has 1 atom stereocenters. The van der Waals surface area contributed by atoms with E-state index in [1.807, 2.05) is 29.5 Å². The van der Waals surface area contributed by atoms with Gasteiger partial charge in [0, 0.05) is 3.57 Å². The maximum absolute atomic E-state index is 12.8. The molecule has 0 radical (unpaired) electrons. The Morgan fingerprint density at radius 3 is 2.87 bits per heavy atom. The molecule has 3 N–H and O–H groups in total. The number of carbonyl (C=O) groups excluding carboxylic acids is 1. The molecule has 0 saturated carbocycles. The second-order valence-corrected chi connectivity index (χ2v) is 4.29. The fourth-order valence-electron chi connectivity index (χ4n) is 1.00. The van der Waals surface area contributed by atoms with E-state index in [9.17, 15) is 9.18 Å². The summed E-state index contributed by atoms with van der Waals surface area (Å²) in [4.78, 5) is 11.4. The van der Waals surface area contributed by atoms with E-state index in [1.165, 1.54) is 18.2 Å². The number of amides is 1. The van der Waals surface area contributed by atoms with Gasteiger partial charge in [-0.1, -0.05) is 6.92 Å². The van der Waals surface area contributed by atoms with Gasteiger partial charge in [0.1, 0.15) is 5.82 Å². The smallest absolute Gasteiger partial charge is 0.241 e. The molecule has 82 valence electrons. The van der Waals surface area contributed by atoms with Gasteiger partial charge >= 0.3 is 0 Å². The highest BCUT2D eigenvalue weighted by Gasteiger charge is 2.12. The van der Waals surface area contributed by atoms with Gasteiger partial charge in [0.2, 0.25) is 5.91 Å². The van der Waals surface area contributed by atoms with Crippen LogP contribution in [-0.2, 0) is 4.79 Å². The molecule has 3 nitrogen and oxygen atoms in total. The van der Waals surface area contributed by atoms with Crippen LogP contribution >= 0.6 is 22.6 Å². The average Bonchev–Trinajstić information content (AvgIpc) is 2.20. The van der Waals surface area contributed by atoms with Gasteiger partial charge < -0.3 is 11.1 Å². The van der Waals surface area contributed by atoms with Crippen LogP contribution in [0.3, 0.4) is 0 Å². The first-order valence-electron chi connectivity index (χ1n) is 4.56. The number of nitrogens with two attached hydrogens (primary N) is 1. The summed E-state index contributed by atoms with van der Waals surface area (Å²) in [6.45, 7) is 1.83. The molecule has 1 aromatic carbocycles. The van der Waals surface area contributed by atoms with Crippen LogP contribution in [0.15, 0.2) is 18.2 Å². The first kappa shape index (κ1) is 12.4. The highest BCUT2D eigenvalue weighted by atomic mass is 127. The molecule has 0 heterocycles. The van der Waals surface area contributed by atoms with Crippen molar-refractivity contribution >= 4 is 34.2 Å². The second kappa shape index (κ2) is 5.41. The van der Waals surface area contributed by atoms with Crippen LogP contribution in [0.1, 0.15) is 13.3 Å². The predicted octanol–water partition coefficient (Wildman–Crippen LogP) is 2.11. The first-order valence-corrected chi connectivity index (χ1v) is 5.64. The third-order valence-corrected chi connectivity index (χ3v) is 2.86. The maximum Gasteiger partial charge on any atom is 0.241 e.